The van der Waals surface area contributed by atoms with Crippen molar-refractivity contribution in [2.75, 3.05) is 26.6 Å². The summed E-state index contributed by atoms with van der Waals surface area (Å²) in [4.78, 5) is 12.2. The molecule has 1 aromatic heterocycles. The van der Waals surface area contributed by atoms with Gasteiger partial charge < -0.3 is 19.5 Å². The number of benzene rings is 1. The van der Waals surface area contributed by atoms with Crippen LogP contribution in [0, 0.1) is 5.92 Å². The van der Waals surface area contributed by atoms with Crippen molar-refractivity contribution < 1.29 is 19.0 Å². The van der Waals surface area contributed by atoms with E-state index >= 15 is 0 Å². The van der Waals surface area contributed by atoms with Crippen molar-refractivity contribution in [2.24, 2.45) is 5.92 Å². The first-order valence-electron chi connectivity index (χ1n) is 8.38. The molecule has 0 saturated carbocycles. The highest BCUT2D eigenvalue weighted by molar-refractivity contribution is 7.15. The van der Waals surface area contributed by atoms with E-state index in [4.69, 9.17) is 14.2 Å². The summed E-state index contributed by atoms with van der Waals surface area (Å²) in [5.74, 6) is 2.08. The van der Waals surface area contributed by atoms with E-state index in [1.165, 1.54) is 11.3 Å². The molecule has 8 heteroatoms. The van der Waals surface area contributed by atoms with Crippen molar-refractivity contribution >= 4 is 22.4 Å². The third-order valence-corrected chi connectivity index (χ3v) is 4.52. The van der Waals surface area contributed by atoms with Gasteiger partial charge in [0.2, 0.25) is 16.8 Å². The lowest BCUT2D eigenvalue weighted by Gasteiger charge is -2.14. The molecular formula is C18H25N3O4S. The van der Waals surface area contributed by atoms with Crippen molar-refractivity contribution in [3.05, 3.63) is 22.7 Å². The summed E-state index contributed by atoms with van der Waals surface area (Å²) < 4.78 is 16.0. The Morgan fingerprint density at radius 3 is 2.31 bits per heavy atom. The summed E-state index contributed by atoms with van der Waals surface area (Å²) in [6, 6.07) is 3.70. The second-order valence-electron chi connectivity index (χ2n) is 6.18. The SMILES string of the molecule is COc1cc(CCC(=O)Nc2nnc(CC(C)C)s2)cc(OC)c1OC. The van der Waals surface area contributed by atoms with Crippen LogP contribution in [0.15, 0.2) is 12.1 Å². The van der Waals surface area contributed by atoms with E-state index in [-0.39, 0.29) is 5.91 Å². The summed E-state index contributed by atoms with van der Waals surface area (Å²) in [6.07, 6.45) is 1.72. The van der Waals surface area contributed by atoms with Crippen molar-refractivity contribution in [1.82, 2.24) is 10.2 Å². The number of carbonyl (C=O) groups is 1. The number of ether oxygens (including phenoxy) is 3. The van der Waals surface area contributed by atoms with Crippen molar-refractivity contribution in [2.45, 2.75) is 33.1 Å². The highest BCUT2D eigenvalue weighted by atomic mass is 32.1. The van der Waals surface area contributed by atoms with Crippen LogP contribution >= 0.6 is 11.3 Å². The molecule has 0 saturated heterocycles. The van der Waals surface area contributed by atoms with Crippen LogP contribution < -0.4 is 19.5 Å². The predicted octanol–water partition coefficient (Wildman–Crippen LogP) is 3.33. The number of aromatic nitrogens is 2. The fraction of sp³-hybridized carbons (Fsp3) is 0.500. The van der Waals surface area contributed by atoms with E-state index in [1.807, 2.05) is 12.1 Å². The summed E-state index contributed by atoms with van der Waals surface area (Å²) >= 11 is 1.42. The van der Waals surface area contributed by atoms with E-state index < -0.39 is 0 Å². The molecule has 0 fully saturated rings. The van der Waals surface area contributed by atoms with Gasteiger partial charge in [-0.25, -0.2) is 0 Å². The number of amides is 1. The topological polar surface area (TPSA) is 82.6 Å². The average Bonchev–Trinajstić information content (AvgIpc) is 3.04. The van der Waals surface area contributed by atoms with Crippen LogP contribution in [0.2, 0.25) is 0 Å². The number of hydrogen-bond donors (Lipinski definition) is 1. The Hall–Kier alpha value is -2.35. The second-order valence-corrected chi connectivity index (χ2v) is 7.24. The molecule has 0 radical (unpaired) electrons. The van der Waals surface area contributed by atoms with Gasteiger partial charge in [-0.05, 0) is 30.0 Å². The number of anilines is 1. The van der Waals surface area contributed by atoms with Crippen LogP contribution in [-0.2, 0) is 17.6 Å². The molecule has 0 aliphatic carbocycles. The van der Waals surface area contributed by atoms with E-state index in [2.05, 4.69) is 29.4 Å². The number of carbonyl (C=O) groups excluding carboxylic acids is 1. The van der Waals surface area contributed by atoms with E-state index in [1.54, 1.807) is 21.3 Å². The Balaban J connectivity index is 1.97. The first kappa shape index (κ1) is 20.0. The molecule has 0 unspecified atom stereocenters. The van der Waals surface area contributed by atoms with Crippen molar-refractivity contribution in [3.63, 3.8) is 0 Å². The maximum atomic E-state index is 12.2. The second kappa shape index (κ2) is 9.38. The maximum Gasteiger partial charge on any atom is 0.226 e. The molecule has 0 atom stereocenters. The number of nitrogens with zero attached hydrogens (tertiary/aromatic N) is 2. The van der Waals surface area contributed by atoms with Gasteiger partial charge in [0, 0.05) is 12.8 Å². The predicted molar refractivity (Wildman–Crippen MR) is 101 cm³/mol. The normalized spacial score (nSPS) is 10.7. The van der Waals surface area contributed by atoms with Gasteiger partial charge >= 0.3 is 0 Å². The van der Waals surface area contributed by atoms with Gasteiger partial charge in [0.25, 0.3) is 0 Å². The smallest absolute Gasteiger partial charge is 0.226 e. The minimum Gasteiger partial charge on any atom is -0.493 e. The molecule has 1 heterocycles. The third-order valence-electron chi connectivity index (χ3n) is 3.66. The van der Waals surface area contributed by atoms with Crippen LogP contribution in [0.5, 0.6) is 17.2 Å². The fourth-order valence-corrected chi connectivity index (χ4v) is 3.42. The largest absolute Gasteiger partial charge is 0.493 e. The summed E-state index contributed by atoms with van der Waals surface area (Å²) in [6.45, 7) is 4.24. The van der Waals surface area contributed by atoms with Gasteiger partial charge in [-0.15, -0.1) is 10.2 Å². The summed E-state index contributed by atoms with van der Waals surface area (Å²) in [7, 11) is 4.69. The number of nitrogens with one attached hydrogen (secondary N) is 1. The molecule has 0 spiro atoms. The van der Waals surface area contributed by atoms with Gasteiger partial charge in [-0.2, -0.15) is 0 Å². The molecule has 1 aromatic carbocycles. The highest BCUT2D eigenvalue weighted by Crippen LogP contribution is 2.38. The molecule has 142 valence electrons. The Kier molecular flexibility index (Phi) is 7.20. The molecule has 2 rings (SSSR count). The zero-order valence-electron chi connectivity index (χ0n) is 15.8. The molecule has 0 aliphatic rings. The maximum absolute atomic E-state index is 12.2. The molecule has 7 nitrogen and oxygen atoms in total. The number of hydrogen-bond acceptors (Lipinski definition) is 7. The molecule has 0 aliphatic heterocycles. The van der Waals surface area contributed by atoms with Crippen LogP contribution in [0.1, 0.15) is 30.8 Å². The van der Waals surface area contributed by atoms with Gasteiger partial charge in [0.15, 0.2) is 11.5 Å². The van der Waals surface area contributed by atoms with Crippen LogP contribution in [0.25, 0.3) is 0 Å². The average molecular weight is 379 g/mol. The highest BCUT2D eigenvalue weighted by Gasteiger charge is 2.14. The minimum atomic E-state index is -0.106. The van der Waals surface area contributed by atoms with E-state index in [0.717, 1.165) is 17.0 Å². The summed E-state index contributed by atoms with van der Waals surface area (Å²) in [5, 5.41) is 12.4. The van der Waals surface area contributed by atoms with Gasteiger partial charge in [-0.3, -0.25) is 4.79 Å². The monoisotopic (exact) mass is 379 g/mol. The zero-order valence-corrected chi connectivity index (χ0v) is 16.6. The Labute approximate surface area is 157 Å². The zero-order chi connectivity index (χ0) is 19.1. The molecule has 26 heavy (non-hydrogen) atoms. The van der Waals surface area contributed by atoms with Crippen molar-refractivity contribution in [1.29, 1.82) is 0 Å². The molecular weight excluding hydrogens is 354 g/mol. The summed E-state index contributed by atoms with van der Waals surface area (Å²) in [5.41, 5.74) is 0.924. The number of methoxy groups -OCH3 is 3. The standard InChI is InChI=1S/C18H25N3O4S/c1-11(2)8-16-20-21-18(26-16)19-15(22)7-6-12-9-13(23-3)17(25-5)14(10-12)24-4/h9-11H,6-8H2,1-5H3,(H,19,21,22). The van der Waals surface area contributed by atoms with E-state index in [0.29, 0.717) is 41.1 Å². The first-order chi connectivity index (χ1) is 12.5. The molecule has 1 amide bonds. The Morgan fingerprint density at radius 2 is 1.77 bits per heavy atom. The van der Waals surface area contributed by atoms with Gasteiger partial charge in [0.05, 0.1) is 21.3 Å². The fourth-order valence-electron chi connectivity index (χ4n) is 2.46. The molecule has 1 N–H and O–H groups in total. The van der Waals surface area contributed by atoms with Crippen LogP contribution in [-0.4, -0.2) is 37.4 Å². The number of aryl methyl sites for hydroxylation is 1. The quantitative estimate of drug-likeness (QED) is 0.720. The Morgan fingerprint density at radius 1 is 1.12 bits per heavy atom. The Bertz CT molecular complexity index is 721. The lowest BCUT2D eigenvalue weighted by atomic mass is 10.1. The van der Waals surface area contributed by atoms with Crippen LogP contribution in [0.4, 0.5) is 5.13 Å². The molecule has 2 aromatic rings. The van der Waals surface area contributed by atoms with Crippen molar-refractivity contribution in [3.8, 4) is 17.2 Å². The van der Waals surface area contributed by atoms with Crippen LogP contribution in [0.3, 0.4) is 0 Å². The molecule has 0 bridgehead atoms. The third kappa shape index (κ3) is 5.32. The number of rotatable bonds is 9. The lowest BCUT2D eigenvalue weighted by Crippen LogP contribution is -2.12. The van der Waals surface area contributed by atoms with Gasteiger partial charge in [-0.1, -0.05) is 25.2 Å². The van der Waals surface area contributed by atoms with E-state index in [9.17, 15) is 4.79 Å². The first-order valence-corrected chi connectivity index (χ1v) is 9.19. The lowest BCUT2D eigenvalue weighted by molar-refractivity contribution is -0.116. The minimum absolute atomic E-state index is 0.106. The van der Waals surface area contributed by atoms with Gasteiger partial charge in [0.1, 0.15) is 5.01 Å².